The first kappa shape index (κ1) is 7.72. The highest BCUT2D eigenvalue weighted by Crippen LogP contribution is 2.14. The molecule has 0 amide bonds. The van der Waals surface area contributed by atoms with Crippen LogP contribution in [0.2, 0.25) is 0 Å². The molecule has 0 aromatic carbocycles. The molecule has 0 saturated heterocycles. The van der Waals surface area contributed by atoms with Gasteiger partial charge in [-0.15, -0.1) is 0 Å². The number of carbonyl (C=O) groups excluding carboxylic acids is 1. The van der Waals surface area contributed by atoms with Gasteiger partial charge in [-0.05, 0) is 0 Å². The molecule has 2 aromatic rings. The van der Waals surface area contributed by atoms with Crippen LogP contribution in [0.25, 0.3) is 11.5 Å². The van der Waals surface area contributed by atoms with Crippen molar-refractivity contribution in [1.29, 1.82) is 0 Å². The molecule has 0 fully saturated rings. The Balaban J connectivity index is 2.28. The number of hydrogen-bond acceptors (Lipinski definition) is 4. The molecule has 0 saturated carbocycles. The summed E-state index contributed by atoms with van der Waals surface area (Å²) < 4.78 is 6.58. The van der Waals surface area contributed by atoms with Crippen molar-refractivity contribution in [2.45, 2.75) is 6.54 Å². The number of rotatable bonds is 3. The molecule has 0 aliphatic rings. The van der Waals surface area contributed by atoms with Gasteiger partial charge in [0.05, 0.1) is 24.5 Å². The lowest BCUT2D eigenvalue weighted by Gasteiger charge is -1.89. The molecule has 0 N–H and O–H groups in total. The van der Waals surface area contributed by atoms with Gasteiger partial charge in [0, 0.05) is 6.20 Å². The van der Waals surface area contributed by atoms with Crippen molar-refractivity contribution >= 4 is 6.29 Å². The summed E-state index contributed by atoms with van der Waals surface area (Å²) in [5.74, 6) is 0.511. The van der Waals surface area contributed by atoms with Crippen LogP contribution in [0.15, 0.2) is 29.3 Å². The van der Waals surface area contributed by atoms with Crippen molar-refractivity contribution in [1.82, 2.24) is 14.8 Å². The summed E-state index contributed by atoms with van der Waals surface area (Å²) >= 11 is 0. The van der Waals surface area contributed by atoms with Crippen LogP contribution in [0, 0.1) is 0 Å². The summed E-state index contributed by atoms with van der Waals surface area (Å²) in [6.07, 6.45) is 7.15. The van der Waals surface area contributed by atoms with Gasteiger partial charge in [0.1, 0.15) is 12.5 Å². The van der Waals surface area contributed by atoms with Gasteiger partial charge in [0.2, 0.25) is 5.89 Å². The fraction of sp³-hybridized carbons (Fsp3) is 0.125. The Bertz CT molecular complexity index is 391. The smallest absolute Gasteiger partial charge is 0.229 e. The first-order valence-corrected chi connectivity index (χ1v) is 3.76. The lowest BCUT2D eigenvalue weighted by atomic mass is 10.4. The first-order chi connectivity index (χ1) is 6.40. The summed E-state index contributed by atoms with van der Waals surface area (Å²) in [4.78, 5) is 14.1. The number of hydrogen-bond donors (Lipinski definition) is 0. The van der Waals surface area contributed by atoms with E-state index in [4.69, 9.17) is 4.42 Å². The SMILES string of the molecule is O=CCn1cc(-c2ncco2)cn1. The van der Waals surface area contributed by atoms with Crippen LogP contribution in [0.3, 0.4) is 0 Å². The van der Waals surface area contributed by atoms with Crippen molar-refractivity contribution in [2.75, 3.05) is 0 Å². The molecule has 2 heterocycles. The van der Waals surface area contributed by atoms with E-state index in [1.807, 2.05) is 0 Å². The van der Waals surface area contributed by atoms with Crippen LogP contribution in [0.4, 0.5) is 0 Å². The average molecular weight is 177 g/mol. The molecule has 0 spiro atoms. The molecule has 66 valence electrons. The number of aromatic nitrogens is 3. The van der Waals surface area contributed by atoms with E-state index in [2.05, 4.69) is 10.1 Å². The molecule has 0 atom stereocenters. The third-order valence-corrected chi connectivity index (χ3v) is 1.57. The Kier molecular flexibility index (Phi) is 1.91. The van der Waals surface area contributed by atoms with E-state index in [9.17, 15) is 4.79 Å². The van der Waals surface area contributed by atoms with Gasteiger partial charge in [-0.2, -0.15) is 5.10 Å². The normalized spacial score (nSPS) is 10.2. The van der Waals surface area contributed by atoms with E-state index in [-0.39, 0.29) is 6.54 Å². The molecule has 2 rings (SSSR count). The maximum Gasteiger partial charge on any atom is 0.229 e. The lowest BCUT2D eigenvalue weighted by Crippen LogP contribution is -1.97. The highest BCUT2D eigenvalue weighted by Gasteiger charge is 2.04. The van der Waals surface area contributed by atoms with Crippen molar-refractivity contribution in [3.63, 3.8) is 0 Å². The Labute approximate surface area is 74.0 Å². The fourth-order valence-electron chi connectivity index (χ4n) is 1.02. The number of aldehydes is 1. The maximum absolute atomic E-state index is 10.2. The van der Waals surface area contributed by atoms with Crippen LogP contribution >= 0.6 is 0 Å². The zero-order valence-electron chi connectivity index (χ0n) is 6.75. The molecule has 0 aliphatic carbocycles. The van der Waals surface area contributed by atoms with E-state index >= 15 is 0 Å². The minimum absolute atomic E-state index is 0.251. The van der Waals surface area contributed by atoms with E-state index in [1.54, 1.807) is 18.6 Å². The molecule has 0 radical (unpaired) electrons. The molecule has 0 aliphatic heterocycles. The molecular weight excluding hydrogens is 170 g/mol. The van der Waals surface area contributed by atoms with Crippen LogP contribution in [-0.4, -0.2) is 21.1 Å². The minimum atomic E-state index is 0.251. The van der Waals surface area contributed by atoms with Gasteiger partial charge in [0.25, 0.3) is 0 Å². The van der Waals surface area contributed by atoms with Crippen molar-refractivity contribution in [3.8, 4) is 11.5 Å². The largest absolute Gasteiger partial charge is 0.444 e. The van der Waals surface area contributed by atoms with Crippen LogP contribution in [-0.2, 0) is 11.3 Å². The molecule has 5 heteroatoms. The molecule has 5 nitrogen and oxygen atoms in total. The van der Waals surface area contributed by atoms with Gasteiger partial charge >= 0.3 is 0 Å². The van der Waals surface area contributed by atoms with E-state index in [0.717, 1.165) is 11.8 Å². The average Bonchev–Trinajstić information content (AvgIpc) is 2.70. The maximum atomic E-state index is 10.2. The zero-order valence-corrected chi connectivity index (χ0v) is 6.75. The van der Waals surface area contributed by atoms with E-state index in [0.29, 0.717) is 5.89 Å². The second-order valence-electron chi connectivity index (χ2n) is 2.45. The molecular formula is C8H7N3O2. The van der Waals surface area contributed by atoms with E-state index in [1.165, 1.54) is 10.9 Å². The Morgan fingerprint density at radius 3 is 3.23 bits per heavy atom. The Morgan fingerprint density at radius 1 is 1.62 bits per heavy atom. The Hall–Kier alpha value is -1.91. The molecule has 2 aromatic heterocycles. The van der Waals surface area contributed by atoms with Crippen LogP contribution < -0.4 is 0 Å². The highest BCUT2D eigenvalue weighted by atomic mass is 16.3. The van der Waals surface area contributed by atoms with Crippen molar-refractivity contribution in [2.24, 2.45) is 0 Å². The second-order valence-corrected chi connectivity index (χ2v) is 2.45. The van der Waals surface area contributed by atoms with Crippen LogP contribution in [0.1, 0.15) is 0 Å². The topological polar surface area (TPSA) is 60.9 Å². The molecule has 0 unspecified atom stereocenters. The standard InChI is InChI=1S/C8H7N3O2/c12-3-2-11-6-7(5-10-11)8-9-1-4-13-8/h1,3-6H,2H2. The molecule has 13 heavy (non-hydrogen) atoms. The predicted octanol–water partition coefficient (Wildman–Crippen LogP) is 0.737. The number of carbonyl (C=O) groups is 1. The number of oxazole rings is 1. The third-order valence-electron chi connectivity index (χ3n) is 1.57. The second kappa shape index (κ2) is 3.22. The van der Waals surface area contributed by atoms with Gasteiger partial charge in [-0.3, -0.25) is 4.68 Å². The lowest BCUT2D eigenvalue weighted by molar-refractivity contribution is -0.108. The summed E-state index contributed by atoms with van der Waals surface area (Å²) in [5.41, 5.74) is 0.770. The molecule has 0 bridgehead atoms. The van der Waals surface area contributed by atoms with Gasteiger partial charge in [-0.1, -0.05) is 0 Å². The minimum Gasteiger partial charge on any atom is -0.444 e. The predicted molar refractivity (Wildman–Crippen MR) is 43.8 cm³/mol. The third kappa shape index (κ3) is 1.48. The summed E-state index contributed by atoms with van der Waals surface area (Å²) in [5, 5.41) is 3.95. The highest BCUT2D eigenvalue weighted by molar-refractivity contribution is 5.52. The van der Waals surface area contributed by atoms with Gasteiger partial charge < -0.3 is 9.21 Å². The number of nitrogens with zero attached hydrogens (tertiary/aromatic N) is 3. The monoisotopic (exact) mass is 177 g/mol. The van der Waals surface area contributed by atoms with Crippen molar-refractivity contribution < 1.29 is 9.21 Å². The zero-order chi connectivity index (χ0) is 9.10. The quantitative estimate of drug-likeness (QED) is 0.648. The fourth-order valence-corrected chi connectivity index (χ4v) is 1.02. The van der Waals surface area contributed by atoms with E-state index < -0.39 is 0 Å². The van der Waals surface area contributed by atoms with Gasteiger partial charge in [-0.25, -0.2) is 4.98 Å². The first-order valence-electron chi connectivity index (χ1n) is 3.76. The van der Waals surface area contributed by atoms with Gasteiger partial charge in [0.15, 0.2) is 0 Å². The van der Waals surface area contributed by atoms with Crippen LogP contribution in [0.5, 0.6) is 0 Å². The summed E-state index contributed by atoms with van der Waals surface area (Å²) in [7, 11) is 0. The van der Waals surface area contributed by atoms with Crippen molar-refractivity contribution in [3.05, 3.63) is 24.9 Å². The Morgan fingerprint density at radius 2 is 2.54 bits per heavy atom. The summed E-state index contributed by atoms with van der Waals surface area (Å²) in [6, 6.07) is 0. The summed E-state index contributed by atoms with van der Waals surface area (Å²) in [6.45, 7) is 0.251.